The molecule has 0 radical (unpaired) electrons. The van der Waals surface area contributed by atoms with Gasteiger partial charge in [0.2, 0.25) is 5.91 Å². The Hall–Kier alpha value is -2.28. The molecule has 1 aromatic carbocycles. The van der Waals surface area contributed by atoms with Crippen molar-refractivity contribution >= 4 is 11.9 Å². The number of benzene rings is 1. The molecule has 1 atom stereocenters. The Balaban J connectivity index is 1.62. The number of rotatable bonds is 7. The summed E-state index contributed by atoms with van der Waals surface area (Å²) in [5.41, 5.74) is 2.18. The molecule has 1 amide bonds. The van der Waals surface area contributed by atoms with Crippen LogP contribution in [0.15, 0.2) is 23.2 Å². The van der Waals surface area contributed by atoms with Gasteiger partial charge in [-0.1, -0.05) is 12.1 Å². The van der Waals surface area contributed by atoms with Crippen LogP contribution in [-0.4, -0.2) is 62.3 Å². The number of nitrogens with one attached hydrogen (secondary N) is 2. The van der Waals surface area contributed by atoms with Gasteiger partial charge in [-0.15, -0.1) is 0 Å². The maximum atomic E-state index is 12.3. The van der Waals surface area contributed by atoms with Gasteiger partial charge >= 0.3 is 0 Å². The van der Waals surface area contributed by atoms with Crippen molar-refractivity contribution in [1.82, 2.24) is 15.5 Å². The highest BCUT2D eigenvalue weighted by atomic mass is 16.5. The first-order chi connectivity index (χ1) is 13.7. The molecule has 0 aliphatic carbocycles. The Kier molecular flexibility index (Phi) is 7.54. The maximum Gasteiger partial charge on any atom is 0.241 e. The molecule has 2 heterocycles. The van der Waals surface area contributed by atoms with Crippen LogP contribution in [0, 0.1) is 6.92 Å². The van der Waals surface area contributed by atoms with Gasteiger partial charge in [-0.25, -0.2) is 4.99 Å². The number of guanidine groups is 1. The number of nitrogens with zero attached hydrogens (tertiary/aromatic N) is 2. The van der Waals surface area contributed by atoms with Gasteiger partial charge in [-0.2, -0.15) is 0 Å². The molecule has 2 aliphatic heterocycles. The van der Waals surface area contributed by atoms with Crippen LogP contribution in [0.5, 0.6) is 5.75 Å². The lowest BCUT2D eigenvalue weighted by molar-refractivity contribution is -0.128. The molecule has 3 rings (SSSR count). The van der Waals surface area contributed by atoms with Crippen molar-refractivity contribution in [3.63, 3.8) is 0 Å². The normalized spacial score (nSPS) is 19.7. The van der Waals surface area contributed by atoms with E-state index in [0.717, 1.165) is 62.4 Å². The largest absolute Gasteiger partial charge is 0.488 e. The maximum absolute atomic E-state index is 12.3. The monoisotopic (exact) mass is 388 g/mol. The first-order valence-corrected chi connectivity index (χ1v) is 10.3. The third-order valence-corrected chi connectivity index (χ3v) is 5.02. The molecule has 2 saturated heterocycles. The predicted octanol–water partition coefficient (Wildman–Crippen LogP) is 1.84. The van der Waals surface area contributed by atoms with Gasteiger partial charge in [0.25, 0.3) is 0 Å². The molecule has 1 aromatic rings. The van der Waals surface area contributed by atoms with Gasteiger partial charge in [0.1, 0.15) is 11.9 Å². The van der Waals surface area contributed by atoms with E-state index in [1.807, 2.05) is 11.8 Å². The van der Waals surface area contributed by atoms with E-state index in [1.54, 1.807) is 0 Å². The molecule has 154 valence electrons. The lowest BCUT2D eigenvalue weighted by atomic mass is 10.1. The first-order valence-electron chi connectivity index (χ1n) is 10.3. The Labute approximate surface area is 167 Å². The third-order valence-electron chi connectivity index (χ3n) is 5.02. The van der Waals surface area contributed by atoms with E-state index in [1.165, 1.54) is 0 Å². The fourth-order valence-electron chi connectivity index (χ4n) is 3.43. The quantitative estimate of drug-likeness (QED) is 0.551. The van der Waals surface area contributed by atoms with Crippen molar-refractivity contribution in [2.24, 2.45) is 4.99 Å². The number of amides is 1. The summed E-state index contributed by atoms with van der Waals surface area (Å²) < 4.78 is 11.6. The minimum absolute atomic E-state index is 0.106. The highest BCUT2D eigenvalue weighted by Gasteiger charge is 2.19. The van der Waals surface area contributed by atoms with Crippen LogP contribution in [-0.2, 0) is 16.1 Å². The number of hydrogen-bond acceptors (Lipinski definition) is 4. The molecule has 2 aliphatic rings. The van der Waals surface area contributed by atoms with E-state index in [2.05, 4.69) is 40.7 Å². The van der Waals surface area contributed by atoms with E-state index < -0.39 is 0 Å². The van der Waals surface area contributed by atoms with Crippen LogP contribution >= 0.6 is 0 Å². The minimum Gasteiger partial charge on any atom is -0.488 e. The standard InChI is InChI=1S/C21H32N4O3/c1-3-22-21(24-14-20(26)25-9-4-5-10-25)23-13-17-7-6-16(2)12-19(17)28-18-8-11-27-15-18/h6-7,12,18H,3-5,8-11,13-15H2,1-2H3,(H2,22,23,24). The third kappa shape index (κ3) is 5.86. The zero-order chi connectivity index (χ0) is 19.8. The van der Waals surface area contributed by atoms with Gasteiger partial charge in [0.15, 0.2) is 5.96 Å². The number of carbonyl (C=O) groups excluding carboxylic acids is 1. The molecule has 2 fully saturated rings. The van der Waals surface area contributed by atoms with E-state index in [-0.39, 0.29) is 18.6 Å². The van der Waals surface area contributed by atoms with Crippen LogP contribution in [0.2, 0.25) is 0 Å². The first kappa shape index (κ1) is 20.5. The Morgan fingerprint density at radius 3 is 2.86 bits per heavy atom. The highest BCUT2D eigenvalue weighted by molar-refractivity contribution is 5.86. The summed E-state index contributed by atoms with van der Waals surface area (Å²) in [5, 5.41) is 6.37. The summed E-state index contributed by atoms with van der Waals surface area (Å²) >= 11 is 0. The number of hydrogen-bond donors (Lipinski definition) is 2. The second-order valence-corrected chi connectivity index (χ2v) is 7.35. The van der Waals surface area contributed by atoms with E-state index >= 15 is 0 Å². The summed E-state index contributed by atoms with van der Waals surface area (Å²) in [6.07, 6.45) is 3.22. The molecule has 7 nitrogen and oxygen atoms in total. The lowest BCUT2D eigenvalue weighted by Crippen LogP contribution is -2.44. The van der Waals surface area contributed by atoms with Crippen molar-refractivity contribution in [3.8, 4) is 5.75 Å². The fraction of sp³-hybridized carbons (Fsp3) is 0.619. The van der Waals surface area contributed by atoms with Crippen molar-refractivity contribution in [1.29, 1.82) is 0 Å². The van der Waals surface area contributed by atoms with Crippen LogP contribution in [0.1, 0.15) is 37.3 Å². The number of ether oxygens (including phenoxy) is 2. The molecular weight excluding hydrogens is 356 g/mol. The Morgan fingerprint density at radius 1 is 1.32 bits per heavy atom. The Bertz CT molecular complexity index is 680. The van der Waals surface area contributed by atoms with E-state index in [9.17, 15) is 4.79 Å². The van der Waals surface area contributed by atoms with E-state index in [0.29, 0.717) is 19.1 Å². The summed E-state index contributed by atoms with van der Waals surface area (Å²) in [4.78, 5) is 18.8. The molecule has 0 spiro atoms. The SMILES string of the molecule is CCNC(=NCc1ccc(C)cc1OC1CCOC1)NCC(=O)N1CCCC1. The molecule has 1 unspecified atom stereocenters. The van der Waals surface area contributed by atoms with Gasteiger partial charge in [-0.05, 0) is 38.3 Å². The van der Waals surface area contributed by atoms with Gasteiger partial charge in [-0.3, -0.25) is 4.79 Å². The number of aliphatic imine (C=N–C) groups is 1. The van der Waals surface area contributed by atoms with Gasteiger partial charge in [0, 0.05) is 31.6 Å². The summed E-state index contributed by atoms with van der Waals surface area (Å²) in [7, 11) is 0. The van der Waals surface area contributed by atoms with Crippen molar-refractivity contribution in [3.05, 3.63) is 29.3 Å². The molecular formula is C21H32N4O3. The fourth-order valence-corrected chi connectivity index (χ4v) is 3.43. The van der Waals surface area contributed by atoms with E-state index in [4.69, 9.17) is 9.47 Å². The predicted molar refractivity (Wildman–Crippen MR) is 110 cm³/mol. The number of carbonyl (C=O) groups is 1. The van der Waals surface area contributed by atoms with Crippen molar-refractivity contribution in [2.75, 3.05) is 39.4 Å². The number of aryl methyl sites for hydroxylation is 1. The molecule has 7 heteroatoms. The molecule has 2 N–H and O–H groups in total. The second kappa shape index (κ2) is 10.3. The van der Waals surface area contributed by atoms with Gasteiger partial charge < -0.3 is 25.0 Å². The average molecular weight is 389 g/mol. The highest BCUT2D eigenvalue weighted by Crippen LogP contribution is 2.24. The van der Waals surface area contributed by atoms with Crippen LogP contribution in [0.25, 0.3) is 0 Å². The number of likely N-dealkylation sites (tertiary alicyclic amines) is 1. The van der Waals surface area contributed by atoms with Crippen LogP contribution in [0.3, 0.4) is 0 Å². The summed E-state index contributed by atoms with van der Waals surface area (Å²) in [5.74, 6) is 1.64. The topological polar surface area (TPSA) is 75.2 Å². The summed E-state index contributed by atoms with van der Waals surface area (Å²) in [6.45, 7) is 8.68. The zero-order valence-electron chi connectivity index (χ0n) is 17.0. The van der Waals surface area contributed by atoms with Gasteiger partial charge in [0.05, 0.1) is 26.3 Å². The summed E-state index contributed by atoms with van der Waals surface area (Å²) in [6, 6.07) is 6.18. The molecule has 0 aromatic heterocycles. The van der Waals surface area contributed by atoms with Crippen LogP contribution in [0.4, 0.5) is 0 Å². The average Bonchev–Trinajstić information content (AvgIpc) is 3.39. The van der Waals surface area contributed by atoms with Crippen molar-refractivity contribution < 1.29 is 14.3 Å². The molecule has 0 bridgehead atoms. The minimum atomic E-state index is 0.106. The van der Waals surface area contributed by atoms with Crippen LogP contribution < -0.4 is 15.4 Å². The zero-order valence-corrected chi connectivity index (χ0v) is 17.0. The smallest absolute Gasteiger partial charge is 0.241 e. The molecule has 28 heavy (non-hydrogen) atoms. The van der Waals surface area contributed by atoms with Crippen molar-refractivity contribution in [2.45, 2.75) is 45.8 Å². The Morgan fingerprint density at radius 2 is 2.14 bits per heavy atom. The lowest BCUT2D eigenvalue weighted by Gasteiger charge is -2.18. The molecule has 0 saturated carbocycles. The second-order valence-electron chi connectivity index (χ2n) is 7.35.